The summed E-state index contributed by atoms with van der Waals surface area (Å²) in [5.74, 6) is -1.66. The summed E-state index contributed by atoms with van der Waals surface area (Å²) < 4.78 is 26.7. The molecule has 1 fully saturated rings. The van der Waals surface area contributed by atoms with Crippen LogP contribution in [0.3, 0.4) is 0 Å². The van der Waals surface area contributed by atoms with E-state index in [1.807, 2.05) is 0 Å². The van der Waals surface area contributed by atoms with E-state index in [0.29, 0.717) is 25.2 Å². The minimum atomic E-state index is -0.626. The number of aromatic nitrogens is 2. The standard InChI is InChI=1S/C15H14F2N4O2/c16-9-1-3-13(11(17)7-9)21-6-5-10(8-21)18-15(23)12-2-4-14(22)20-19-12/h1-4,7,10H,5-6,8H2,(H,18,23)(H,20,22)/t10-/m1/s1. The lowest BCUT2D eigenvalue weighted by Gasteiger charge is -2.19. The smallest absolute Gasteiger partial charge is 0.271 e. The Kier molecular flexibility index (Phi) is 4.05. The third kappa shape index (κ3) is 3.36. The van der Waals surface area contributed by atoms with E-state index in [9.17, 15) is 18.4 Å². The summed E-state index contributed by atoms with van der Waals surface area (Å²) >= 11 is 0. The minimum absolute atomic E-state index is 0.107. The van der Waals surface area contributed by atoms with Gasteiger partial charge in [0.2, 0.25) is 0 Å². The molecule has 1 saturated heterocycles. The molecule has 23 heavy (non-hydrogen) atoms. The molecule has 2 N–H and O–H groups in total. The highest BCUT2D eigenvalue weighted by Crippen LogP contribution is 2.24. The van der Waals surface area contributed by atoms with Crippen molar-refractivity contribution in [3.63, 3.8) is 0 Å². The first-order valence-corrected chi connectivity index (χ1v) is 7.09. The summed E-state index contributed by atoms with van der Waals surface area (Å²) in [6.07, 6.45) is 0.631. The number of rotatable bonds is 3. The molecule has 2 aromatic rings. The van der Waals surface area contributed by atoms with Gasteiger partial charge >= 0.3 is 0 Å². The molecular weight excluding hydrogens is 306 g/mol. The van der Waals surface area contributed by atoms with Gasteiger partial charge in [0.25, 0.3) is 11.5 Å². The Labute approximate surface area is 130 Å². The van der Waals surface area contributed by atoms with Crippen molar-refractivity contribution in [3.05, 3.63) is 58.0 Å². The predicted octanol–water partition coefficient (Wildman–Crippen LogP) is 1.06. The summed E-state index contributed by atoms with van der Waals surface area (Å²) in [5.41, 5.74) is 0.0294. The number of amides is 1. The Morgan fingerprint density at radius 3 is 2.83 bits per heavy atom. The molecule has 0 unspecified atom stereocenters. The van der Waals surface area contributed by atoms with E-state index in [1.165, 1.54) is 24.3 Å². The average molecular weight is 320 g/mol. The first kappa shape index (κ1) is 15.1. The molecule has 0 saturated carbocycles. The molecule has 3 rings (SSSR count). The van der Waals surface area contributed by atoms with Gasteiger partial charge in [-0.2, -0.15) is 5.10 Å². The number of carbonyl (C=O) groups is 1. The van der Waals surface area contributed by atoms with Crippen LogP contribution in [0, 0.1) is 11.6 Å². The van der Waals surface area contributed by atoms with Gasteiger partial charge < -0.3 is 10.2 Å². The zero-order valence-electron chi connectivity index (χ0n) is 12.1. The average Bonchev–Trinajstić information content (AvgIpc) is 2.96. The van der Waals surface area contributed by atoms with Gasteiger partial charge in [0.05, 0.1) is 5.69 Å². The maximum absolute atomic E-state index is 13.8. The molecule has 1 aromatic carbocycles. The summed E-state index contributed by atoms with van der Waals surface area (Å²) in [7, 11) is 0. The highest BCUT2D eigenvalue weighted by atomic mass is 19.1. The van der Waals surface area contributed by atoms with E-state index in [0.717, 1.165) is 6.07 Å². The maximum Gasteiger partial charge on any atom is 0.271 e. The SMILES string of the molecule is O=C(N[C@@H]1CCN(c2ccc(F)cc2F)C1)c1ccc(=O)[nH]n1. The number of halogens is 2. The number of carbonyl (C=O) groups excluding carboxylic acids is 1. The number of nitrogens with zero attached hydrogens (tertiary/aromatic N) is 2. The van der Waals surface area contributed by atoms with E-state index in [-0.39, 0.29) is 17.3 Å². The first-order valence-electron chi connectivity index (χ1n) is 7.09. The van der Waals surface area contributed by atoms with Gasteiger partial charge in [0.1, 0.15) is 17.3 Å². The number of anilines is 1. The lowest BCUT2D eigenvalue weighted by atomic mass is 10.2. The largest absolute Gasteiger partial charge is 0.367 e. The second-order valence-electron chi connectivity index (χ2n) is 5.31. The molecule has 2 heterocycles. The predicted molar refractivity (Wildman–Crippen MR) is 79.3 cm³/mol. The zero-order valence-corrected chi connectivity index (χ0v) is 12.1. The Hall–Kier alpha value is -2.77. The Bertz CT molecular complexity index is 773. The van der Waals surface area contributed by atoms with Crippen molar-refractivity contribution in [2.24, 2.45) is 0 Å². The lowest BCUT2D eigenvalue weighted by Crippen LogP contribution is -2.38. The first-order chi connectivity index (χ1) is 11.0. The highest BCUT2D eigenvalue weighted by molar-refractivity contribution is 5.92. The molecule has 6 nitrogen and oxygen atoms in total. The van der Waals surface area contributed by atoms with Crippen LogP contribution in [0.4, 0.5) is 14.5 Å². The molecule has 1 aromatic heterocycles. The van der Waals surface area contributed by atoms with Gasteiger partial charge in [-0.3, -0.25) is 9.59 Å². The second kappa shape index (κ2) is 6.15. The summed E-state index contributed by atoms with van der Waals surface area (Å²) in [4.78, 5) is 24.7. The van der Waals surface area contributed by atoms with Crippen LogP contribution in [0.1, 0.15) is 16.9 Å². The fraction of sp³-hybridized carbons (Fsp3) is 0.267. The molecule has 0 spiro atoms. The number of hydrogen-bond donors (Lipinski definition) is 2. The van der Waals surface area contributed by atoms with Gasteiger partial charge in [-0.1, -0.05) is 0 Å². The van der Waals surface area contributed by atoms with Crippen LogP contribution in [-0.2, 0) is 0 Å². The van der Waals surface area contributed by atoms with E-state index in [2.05, 4.69) is 15.5 Å². The number of benzene rings is 1. The quantitative estimate of drug-likeness (QED) is 0.886. The van der Waals surface area contributed by atoms with Crippen molar-refractivity contribution in [3.8, 4) is 0 Å². The van der Waals surface area contributed by atoms with E-state index in [4.69, 9.17) is 0 Å². The van der Waals surface area contributed by atoms with Crippen LogP contribution in [0.15, 0.2) is 35.1 Å². The molecule has 8 heteroatoms. The fourth-order valence-electron chi connectivity index (χ4n) is 2.56. The van der Waals surface area contributed by atoms with Gasteiger partial charge in [-0.25, -0.2) is 13.9 Å². The Morgan fingerprint density at radius 2 is 2.13 bits per heavy atom. The topological polar surface area (TPSA) is 78.1 Å². The summed E-state index contributed by atoms with van der Waals surface area (Å²) in [5, 5.41) is 8.63. The molecule has 1 amide bonds. The van der Waals surface area contributed by atoms with Crippen LogP contribution >= 0.6 is 0 Å². The summed E-state index contributed by atoms with van der Waals surface area (Å²) in [6.45, 7) is 0.962. The van der Waals surface area contributed by atoms with Crippen molar-refractivity contribution in [2.75, 3.05) is 18.0 Å². The van der Waals surface area contributed by atoms with E-state index < -0.39 is 17.5 Å². The van der Waals surface area contributed by atoms with Gasteiger partial charge in [0.15, 0.2) is 0 Å². The Morgan fingerprint density at radius 1 is 1.30 bits per heavy atom. The normalized spacial score (nSPS) is 17.3. The van der Waals surface area contributed by atoms with Gasteiger partial charge in [0, 0.05) is 31.3 Å². The Balaban J connectivity index is 1.64. The summed E-state index contributed by atoms with van der Waals surface area (Å²) in [6, 6.07) is 5.80. The van der Waals surface area contributed by atoms with Crippen LogP contribution in [0.2, 0.25) is 0 Å². The molecule has 120 valence electrons. The maximum atomic E-state index is 13.8. The molecule has 1 aliphatic rings. The minimum Gasteiger partial charge on any atom is -0.367 e. The van der Waals surface area contributed by atoms with Crippen LogP contribution in [0.25, 0.3) is 0 Å². The van der Waals surface area contributed by atoms with Crippen molar-refractivity contribution in [1.29, 1.82) is 0 Å². The van der Waals surface area contributed by atoms with Crippen LogP contribution < -0.4 is 15.8 Å². The second-order valence-corrected chi connectivity index (χ2v) is 5.31. The zero-order chi connectivity index (χ0) is 16.4. The third-order valence-electron chi connectivity index (χ3n) is 3.69. The number of hydrogen-bond acceptors (Lipinski definition) is 4. The lowest BCUT2D eigenvalue weighted by molar-refractivity contribution is 0.0934. The van der Waals surface area contributed by atoms with Gasteiger partial charge in [-0.05, 0) is 24.6 Å². The van der Waals surface area contributed by atoms with Crippen LogP contribution in [0.5, 0.6) is 0 Å². The number of nitrogens with one attached hydrogen (secondary N) is 2. The van der Waals surface area contributed by atoms with E-state index in [1.54, 1.807) is 4.90 Å². The molecular formula is C15H14F2N4O2. The molecule has 1 atom stereocenters. The van der Waals surface area contributed by atoms with Crippen molar-refractivity contribution >= 4 is 11.6 Å². The third-order valence-corrected chi connectivity index (χ3v) is 3.69. The molecule has 0 bridgehead atoms. The molecule has 1 aliphatic heterocycles. The van der Waals surface area contributed by atoms with E-state index >= 15 is 0 Å². The number of H-pyrrole nitrogens is 1. The molecule has 0 radical (unpaired) electrons. The fourth-order valence-corrected chi connectivity index (χ4v) is 2.56. The monoisotopic (exact) mass is 320 g/mol. The van der Waals surface area contributed by atoms with Crippen LogP contribution in [-0.4, -0.2) is 35.2 Å². The van der Waals surface area contributed by atoms with Crippen molar-refractivity contribution in [2.45, 2.75) is 12.5 Å². The highest BCUT2D eigenvalue weighted by Gasteiger charge is 2.26. The van der Waals surface area contributed by atoms with Gasteiger partial charge in [-0.15, -0.1) is 0 Å². The number of aromatic amines is 1. The van der Waals surface area contributed by atoms with Crippen molar-refractivity contribution in [1.82, 2.24) is 15.5 Å². The molecule has 0 aliphatic carbocycles. The van der Waals surface area contributed by atoms with Crippen molar-refractivity contribution < 1.29 is 13.6 Å².